The second-order valence-electron chi connectivity index (χ2n) is 4.41. The molecule has 1 aliphatic rings. The molecule has 15 heavy (non-hydrogen) atoms. The first kappa shape index (κ1) is 10.9. The average molecular weight is 227 g/mol. The first-order chi connectivity index (χ1) is 7.18. The fourth-order valence-corrected chi connectivity index (χ4v) is 2.86. The normalized spacial score (nSPS) is 26.6. The molecule has 2 unspecified atom stereocenters. The summed E-state index contributed by atoms with van der Waals surface area (Å²) < 4.78 is 13.2. The van der Waals surface area contributed by atoms with Gasteiger partial charge in [-0.25, -0.2) is 4.39 Å². The van der Waals surface area contributed by atoms with Gasteiger partial charge in [-0.3, -0.25) is 0 Å². The molecule has 1 aromatic carbocycles. The summed E-state index contributed by atoms with van der Waals surface area (Å²) in [6.07, 6.45) is 4.57. The fraction of sp³-hybridized carbons (Fsp3) is 0.538. The molecule has 0 bridgehead atoms. The maximum absolute atomic E-state index is 13.2. The monoisotopic (exact) mass is 226 g/mol. The Morgan fingerprint density at radius 1 is 1.27 bits per heavy atom. The summed E-state index contributed by atoms with van der Waals surface area (Å²) in [5, 5.41) is 0.180. The molecule has 1 saturated carbocycles. The molecule has 0 radical (unpaired) electrons. The first-order valence-corrected chi connectivity index (χ1v) is 6.02. The van der Waals surface area contributed by atoms with Gasteiger partial charge in [-0.05, 0) is 43.0 Å². The fourth-order valence-electron chi connectivity index (χ4n) is 2.45. The van der Waals surface area contributed by atoms with Crippen molar-refractivity contribution in [3.63, 3.8) is 0 Å². The summed E-state index contributed by atoms with van der Waals surface area (Å²) in [5.74, 6) is 0.196. The summed E-state index contributed by atoms with van der Waals surface area (Å²) in [5.41, 5.74) is 2.27. The lowest BCUT2D eigenvalue weighted by atomic mass is 9.82. The Hall–Kier alpha value is -0.560. The Morgan fingerprint density at radius 2 is 2.00 bits per heavy atom. The third-order valence-electron chi connectivity index (χ3n) is 3.32. The number of hydrogen-bond donors (Lipinski definition) is 0. The van der Waals surface area contributed by atoms with Gasteiger partial charge in [-0.2, -0.15) is 0 Å². The molecule has 1 aromatic rings. The van der Waals surface area contributed by atoms with Gasteiger partial charge in [-0.1, -0.05) is 18.9 Å². The molecular weight excluding hydrogens is 211 g/mol. The van der Waals surface area contributed by atoms with Gasteiger partial charge in [-0.15, -0.1) is 11.6 Å². The summed E-state index contributed by atoms with van der Waals surface area (Å²) in [6, 6.07) is 5.02. The number of alkyl halides is 1. The lowest BCUT2D eigenvalue weighted by Gasteiger charge is -2.28. The van der Waals surface area contributed by atoms with Gasteiger partial charge in [0.1, 0.15) is 5.82 Å². The highest BCUT2D eigenvalue weighted by Gasteiger charge is 2.25. The van der Waals surface area contributed by atoms with Gasteiger partial charge >= 0.3 is 0 Å². The molecule has 0 nitrogen and oxygen atoms in total. The van der Waals surface area contributed by atoms with Crippen molar-refractivity contribution in [2.45, 2.75) is 43.9 Å². The number of aryl methyl sites for hydroxylation is 1. The van der Waals surface area contributed by atoms with Crippen LogP contribution in [0.15, 0.2) is 18.2 Å². The van der Waals surface area contributed by atoms with Crippen LogP contribution in [0.1, 0.15) is 42.7 Å². The topological polar surface area (TPSA) is 0 Å². The predicted molar refractivity (Wildman–Crippen MR) is 62.0 cm³/mol. The highest BCUT2D eigenvalue weighted by molar-refractivity contribution is 6.21. The Balaban J connectivity index is 2.30. The molecule has 0 amide bonds. The quantitative estimate of drug-likeness (QED) is 0.623. The number of halogens is 2. The van der Waals surface area contributed by atoms with Crippen LogP contribution in [0, 0.1) is 12.7 Å². The number of benzene rings is 1. The minimum Gasteiger partial charge on any atom is -0.207 e. The molecule has 82 valence electrons. The Kier molecular flexibility index (Phi) is 3.30. The van der Waals surface area contributed by atoms with Crippen LogP contribution in [-0.4, -0.2) is 5.38 Å². The van der Waals surface area contributed by atoms with Crippen molar-refractivity contribution in [3.8, 4) is 0 Å². The molecule has 0 spiro atoms. The van der Waals surface area contributed by atoms with Crippen LogP contribution in [-0.2, 0) is 0 Å². The summed E-state index contributed by atoms with van der Waals surface area (Å²) in [4.78, 5) is 0. The maximum Gasteiger partial charge on any atom is 0.123 e. The second-order valence-corrected chi connectivity index (χ2v) is 4.97. The van der Waals surface area contributed by atoms with E-state index < -0.39 is 0 Å². The van der Waals surface area contributed by atoms with E-state index in [1.165, 1.54) is 18.9 Å². The molecule has 2 rings (SSSR count). The van der Waals surface area contributed by atoms with Crippen molar-refractivity contribution in [1.82, 2.24) is 0 Å². The zero-order chi connectivity index (χ0) is 10.8. The summed E-state index contributed by atoms with van der Waals surface area (Å²) in [6.45, 7) is 2.03. The van der Waals surface area contributed by atoms with Gasteiger partial charge in [0.2, 0.25) is 0 Å². The minimum absolute atomic E-state index is 0.148. The van der Waals surface area contributed by atoms with E-state index in [2.05, 4.69) is 0 Å². The lowest BCUT2D eigenvalue weighted by Crippen LogP contribution is -2.18. The van der Waals surface area contributed by atoms with Crippen LogP contribution in [0.3, 0.4) is 0 Å². The van der Waals surface area contributed by atoms with Crippen LogP contribution >= 0.6 is 11.6 Å². The summed E-state index contributed by atoms with van der Waals surface area (Å²) >= 11 is 6.32. The van der Waals surface area contributed by atoms with E-state index in [-0.39, 0.29) is 11.2 Å². The van der Waals surface area contributed by atoms with Crippen molar-refractivity contribution in [2.75, 3.05) is 0 Å². The van der Waals surface area contributed by atoms with Crippen molar-refractivity contribution >= 4 is 11.6 Å². The van der Waals surface area contributed by atoms with Gasteiger partial charge in [0.05, 0.1) is 0 Å². The largest absolute Gasteiger partial charge is 0.207 e. The molecule has 1 fully saturated rings. The SMILES string of the molecule is Cc1ccc(F)cc1C1CCCCC1Cl. The summed E-state index contributed by atoms with van der Waals surface area (Å²) in [7, 11) is 0. The van der Waals surface area contributed by atoms with Crippen LogP contribution in [0.25, 0.3) is 0 Å². The van der Waals surface area contributed by atoms with Crippen molar-refractivity contribution in [3.05, 3.63) is 35.1 Å². The third-order valence-corrected chi connectivity index (χ3v) is 3.84. The van der Waals surface area contributed by atoms with Crippen LogP contribution in [0.2, 0.25) is 0 Å². The highest BCUT2D eigenvalue weighted by atomic mass is 35.5. The highest BCUT2D eigenvalue weighted by Crippen LogP contribution is 2.37. The minimum atomic E-state index is -0.148. The molecule has 1 aliphatic carbocycles. The molecule has 0 saturated heterocycles. The average Bonchev–Trinajstić information content (AvgIpc) is 2.23. The van der Waals surface area contributed by atoms with E-state index in [9.17, 15) is 4.39 Å². The Morgan fingerprint density at radius 3 is 2.73 bits per heavy atom. The molecule has 2 heteroatoms. The maximum atomic E-state index is 13.2. The van der Waals surface area contributed by atoms with E-state index in [1.54, 1.807) is 6.07 Å². The molecular formula is C13H16ClF. The predicted octanol–water partition coefficient (Wildman–Crippen LogP) is 4.40. The second kappa shape index (κ2) is 4.52. The van der Waals surface area contributed by atoms with E-state index in [0.717, 1.165) is 24.0 Å². The van der Waals surface area contributed by atoms with E-state index in [4.69, 9.17) is 11.6 Å². The van der Waals surface area contributed by atoms with E-state index in [0.29, 0.717) is 5.92 Å². The van der Waals surface area contributed by atoms with Crippen LogP contribution in [0.5, 0.6) is 0 Å². The van der Waals surface area contributed by atoms with Crippen molar-refractivity contribution in [2.24, 2.45) is 0 Å². The molecule has 2 atom stereocenters. The van der Waals surface area contributed by atoms with Crippen LogP contribution < -0.4 is 0 Å². The van der Waals surface area contributed by atoms with Crippen molar-refractivity contribution < 1.29 is 4.39 Å². The zero-order valence-corrected chi connectivity index (χ0v) is 9.73. The molecule has 0 N–H and O–H groups in total. The first-order valence-electron chi connectivity index (χ1n) is 5.58. The van der Waals surface area contributed by atoms with Gasteiger partial charge < -0.3 is 0 Å². The van der Waals surface area contributed by atoms with Gasteiger partial charge in [0, 0.05) is 11.3 Å². The number of rotatable bonds is 1. The van der Waals surface area contributed by atoms with Gasteiger partial charge in [0.15, 0.2) is 0 Å². The smallest absolute Gasteiger partial charge is 0.123 e. The molecule has 0 heterocycles. The molecule has 0 aliphatic heterocycles. The van der Waals surface area contributed by atoms with E-state index in [1.807, 2.05) is 13.0 Å². The zero-order valence-electron chi connectivity index (χ0n) is 8.97. The van der Waals surface area contributed by atoms with Crippen molar-refractivity contribution in [1.29, 1.82) is 0 Å². The number of hydrogen-bond acceptors (Lipinski definition) is 0. The standard InChI is InChI=1S/C13H16ClF/c1-9-6-7-10(15)8-12(9)11-4-2-3-5-13(11)14/h6-8,11,13H,2-5H2,1H3. The molecule has 0 aromatic heterocycles. The van der Waals surface area contributed by atoms with Gasteiger partial charge in [0.25, 0.3) is 0 Å². The Labute approximate surface area is 95.4 Å². The van der Waals surface area contributed by atoms with Crippen LogP contribution in [0.4, 0.5) is 4.39 Å². The third kappa shape index (κ3) is 2.34. The Bertz CT molecular complexity index is 348. The van der Waals surface area contributed by atoms with E-state index >= 15 is 0 Å². The lowest BCUT2D eigenvalue weighted by molar-refractivity contribution is 0.447.